The Bertz CT molecular complexity index is 122. The van der Waals surface area contributed by atoms with Crippen LogP contribution in [0.3, 0.4) is 0 Å². The van der Waals surface area contributed by atoms with Crippen molar-refractivity contribution < 1.29 is 0 Å². The first-order valence-corrected chi connectivity index (χ1v) is 7.55. The number of rotatable bonds is 6. The molecule has 0 aromatic carbocycles. The predicted molar refractivity (Wildman–Crippen MR) is 63.4 cm³/mol. The van der Waals surface area contributed by atoms with Gasteiger partial charge in [-0.25, -0.2) is 0 Å². The monoisotopic (exact) mass is 369 g/mol. The predicted octanol–water partition coefficient (Wildman–Crippen LogP) is 4.43. The Balaban J connectivity index is 3.09. The average Bonchev–Trinajstić information content (AvgIpc) is 1.93. The fourth-order valence-corrected chi connectivity index (χ4v) is 2.14. The summed E-state index contributed by atoms with van der Waals surface area (Å²) in [7, 11) is 0. The molecule has 5 heteroatoms. The molecule has 0 bridgehead atoms. The van der Waals surface area contributed by atoms with E-state index in [4.69, 9.17) is 46.4 Å². The molecule has 0 amide bonds. The number of halogens is 4. The molecule has 0 saturated heterocycles. The van der Waals surface area contributed by atoms with E-state index in [1.807, 2.05) is 0 Å². The Morgan fingerprint density at radius 3 is 2.00 bits per heavy atom. The van der Waals surface area contributed by atoms with E-state index in [-0.39, 0.29) is 0 Å². The van der Waals surface area contributed by atoms with Gasteiger partial charge in [0.05, 0.1) is 0 Å². The van der Waals surface area contributed by atoms with E-state index in [1.165, 1.54) is 35.4 Å². The third-order valence-electron chi connectivity index (χ3n) is 1.67. The third kappa shape index (κ3) is 14.0. The zero-order valence-corrected chi connectivity index (χ0v) is 13.2. The fourth-order valence-electron chi connectivity index (χ4n) is 1.00. The standard InChI is InChI=1S/C8H13Cl4.Sn/c9-7-5-3-1-2-4-6-8(10,11)12;/h7H,1-6H2;. The summed E-state index contributed by atoms with van der Waals surface area (Å²) in [4.78, 5) is 0. The molecule has 1 atom stereocenters. The second-order valence-corrected chi connectivity index (χ2v) is 9.11. The Kier molecular flexibility index (Phi) is 9.38. The van der Waals surface area contributed by atoms with Crippen molar-refractivity contribution in [3.8, 4) is 0 Å². The van der Waals surface area contributed by atoms with Gasteiger partial charge in [0, 0.05) is 0 Å². The van der Waals surface area contributed by atoms with Gasteiger partial charge in [0.15, 0.2) is 0 Å². The quantitative estimate of drug-likeness (QED) is 0.369. The molecule has 0 aliphatic heterocycles. The van der Waals surface area contributed by atoms with E-state index in [1.54, 1.807) is 0 Å². The molecule has 0 aliphatic rings. The molecule has 0 saturated carbocycles. The number of unbranched alkanes of at least 4 members (excludes halogenated alkanes) is 3. The summed E-state index contributed by atoms with van der Waals surface area (Å²) in [5.74, 6) is 0. The Morgan fingerprint density at radius 2 is 1.54 bits per heavy atom. The molecule has 0 spiro atoms. The minimum absolute atomic E-state index is 0.375. The first-order valence-electron chi connectivity index (χ1n) is 4.34. The number of hydrogen-bond acceptors (Lipinski definition) is 0. The van der Waals surface area contributed by atoms with Gasteiger partial charge in [0.2, 0.25) is 0 Å². The van der Waals surface area contributed by atoms with Crippen LogP contribution >= 0.6 is 46.4 Å². The second-order valence-electron chi connectivity index (χ2n) is 3.04. The molecular weight excluding hydrogens is 357 g/mol. The maximum absolute atomic E-state index is 5.84. The van der Waals surface area contributed by atoms with Crippen molar-refractivity contribution in [2.24, 2.45) is 0 Å². The molecule has 0 heterocycles. The maximum atomic E-state index is 5.84. The van der Waals surface area contributed by atoms with Crippen LogP contribution in [0.25, 0.3) is 0 Å². The first-order chi connectivity index (χ1) is 5.92. The normalized spacial score (nSPS) is 14.5. The van der Waals surface area contributed by atoms with Crippen molar-refractivity contribution in [3.63, 3.8) is 0 Å². The molecule has 0 aliphatic carbocycles. The fraction of sp³-hybridized carbons (Fsp3) is 1.00. The molecule has 0 N–H and O–H groups in total. The third-order valence-corrected chi connectivity index (χ3v) is 3.28. The van der Waals surface area contributed by atoms with E-state index in [0.717, 1.165) is 19.3 Å². The van der Waals surface area contributed by atoms with Crippen LogP contribution in [0.4, 0.5) is 0 Å². The van der Waals surface area contributed by atoms with Crippen LogP contribution in [0, 0.1) is 0 Å². The number of hydrogen-bond donors (Lipinski definition) is 0. The van der Waals surface area contributed by atoms with Crippen LogP contribution in [0.1, 0.15) is 38.5 Å². The van der Waals surface area contributed by atoms with E-state index >= 15 is 0 Å². The Labute approximate surface area is 114 Å². The van der Waals surface area contributed by atoms with E-state index in [2.05, 4.69) is 0 Å². The van der Waals surface area contributed by atoms with Gasteiger partial charge in [-0.2, -0.15) is 0 Å². The van der Waals surface area contributed by atoms with Gasteiger partial charge in [-0.1, -0.05) is 0 Å². The van der Waals surface area contributed by atoms with E-state index < -0.39 is 3.79 Å². The van der Waals surface area contributed by atoms with Gasteiger partial charge in [0.25, 0.3) is 0 Å². The summed E-state index contributed by atoms with van der Waals surface area (Å²) < 4.78 is -0.690. The zero-order chi connectivity index (χ0) is 10.3. The topological polar surface area (TPSA) is 0 Å². The minimum atomic E-state index is -1.07. The van der Waals surface area contributed by atoms with Crippen molar-refractivity contribution in [2.45, 2.75) is 45.7 Å². The Hall–Kier alpha value is 1.96. The van der Waals surface area contributed by atoms with Crippen molar-refractivity contribution >= 4 is 68.9 Å². The average molecular weight is 370 g/mol. The van der Waals surface area contributed by atoms with Gasteiger partial charge in [-0.15, -0.1) is 0 Å². The van der Waals surface area contributed by atoms with Crippen LogP contribution in [-0.2, 0) is 0 Å². The van der Waals surface area contributed by atoms with Gasteiger partial charge in [-0.05, 0) is 0 Å². The molecule has 77 valence electrons. The molecule has 13 heavy (non-hydrogen) atoms. The molecule has 0 aromatic heterocycles. The molecule has 0 aromatic rings. The van der Waals surface area contributed by atoms with E-state index in [0.29, 0.717) is 9.81 Å². The molecule has 0 fully saturated rings. The van der Waals surface area contributed by atoms with Gasteiger partial charge >= 0.3 is 115 Å². The van der Waals surface area contributed by atoms with Gasteiger partial charge < -0.3 is 0 Å². The molecule has 1 unspecified atom stereocenters. The zero-order valence-electron chi connectivity index (χ0n) is 7.33. The Morgan fingerprint density at radius 1 is 1.00 bits per heavy atom. The van der Waals surface area contributed by atoms with Crippen LogP contribution < -0.4 is 0 Å². The van der Waals surface area contributed by atoms with E-state index in [9.17, 15) is 0 Å². The molecule has 0 rings (SSSR count). The number of alkyl halides is 4. The van der Waals surface area contributed by atoms with Crippen molar-refractivity contribution in [1.29, 1.82) is 0 Å². The van der Waals surface area contributed by atoms with Gasteiger partial charge in [0.1, 0.15) is 0 Å². The van der Waals surface area contributed by atoms with Crippen LogP contribution in [0.5, 0.6) is 0 Å². The van der Waals surface area contributed by atoms with Gasteiger partial charge in [-0.3, -0.25) is 0 Å². The summed E-state index contributed by atoms with van der Waals surface area (Å²) in [6, 6.07) is 0. The first kappa shape index (κ1) is 15.0. The van der Waals surface area contributed by atoms with Crippen molar-refractivity contribution in [2.75, 3.05) is 0 Å². The van der Waals surface area contributed by atoms with Crippen LogP contribution in [0.15, 0.2) is 0 Å². The van der Waals surface area contributed by atoms with Crippen LogP contribution in [0.2, 0.25) is 0 Å². The molecule has 3 radical (unpaired) electrons. The summed E-state index contributed by atoms with van der Waals surface area (Å²) in [6.45, 7) is 0. The molecular formula is C8H13Cl4Sn. The van der Waals surface area contributed by atoms with Crippen molar-refractivity contribution in [1.82, 2.24) is 0 Å². The summed E-state index contributed by atoms with van der Waals surface area (Å²) in [5.41, 5.74) is 0. The summed E-state index contributed by atoms with van der Waals surface area (Å²) >= 11 is 24.1. The van der Waals surface area contributed by atoms with Crippen LogP contribution in [-0.4, -0.2) is 29.7 Å². The molecule has 0 nitrogen and oxygen atoms in total. The summed E-state index contributed by atoms with van der Waals surface area (Å²) in [6.07, 6.45) is 6.28. The SMILES string of the molecule is Cl[CH]([Sn])CCCCCCC(Cl)(Cl)Cl. The second kappa shape index (κ2) is 8.15. The summed E-state index contributed by atoms with van der Waals surface area (Å²) in [5, 5.41) is 0. The van der Waals surface area contributed by atoms with Crippen molar-refractivity contribution in [3.05, 3.63) is 0 Å².